The summed E-state index contributed by atoms with van der Waals surface area (Å²) in [5, 5.41) is 19.9. The van der Waals surface area contributed by atoms with Crippen molar-refractivity contribution >= 4 is 22.6 Å². The molecule has 7 heteroatoms. The van der Waals surface area contributed by atoms with Crippen LogP contribution in [0.4, 0.5) is 5.69 Å². The van der Waals surface area contributed by atoms with Crippen LogP contribution in [0.1, 0.15) is 10.4 Å². The van der Waals surface area contributed by atoms with Crippen LogP contribution >= 0.6 is 0 Å². The number of pyridine rings is 1. The highest BCUT2D eigenvalue weighted by Crippen LogP contribution is 2.24. The van der Waals surface area contributed by atoms with Crippen molar-refractivity contribution in [2.24, 2.45) is 0 Å². The Kier molecular flexibility index (Phi) is 2.36. The van der Waals surface area contributed by atoms with Gasteiger partial charge in [0.15, 0.2) is 0 Å². The predicted molar refractivity (Wildman–Crippen MR) is 58.2 cm³/mol. The van der Waals surface area contributed by atoms with E-state index in [0.717, 1.165) is 6.07 Å². The molecule has 0 unspecified atom stereocenters. The summed E-state index contributed by atoms with van der Waals surface area (Å²) in [6.45, 7) is 0. The molecule has 0 saturated heterocycles. The van der Waals surface area contributed by atoms with Crippen LogP contribution in [0.25, 0.3) is 10.9 Å². The summed E-state index contributed by atoms with van der Waals surface area (Å²) in [6, 6.07) is 4.70. The Morgan fingerprint density at radius 3 is 2.65 bits per heavy atom. The average molecular weight is 234 g/mol. The molecule has 1 aromatic carbocycles. The molecule has 0 saturated carbocycles. The number of nitrogens with zero attached hydrogens (tertiary/aromatic N) is 1. The van der Waals surface area contributed by atoms with E-state index in [0.29, 0.717) is 5.39 Å². The van der Waals surface area contributed by atoms with Gasteiger partial charge in [0, 0.05) is 17.5 Å². The van der Waals surface area contributed by atoms with Gasteiger partial charge in [0.05, 0.1) is 10.5 Å². The smallest absolute Gasteiger partial charge is 0.335 e. The van der Waals surface area contributed by atoms with E-state index in [-0.39, 0.29) is 11.1 Å². The molecule has 0 atom stereocenters. The van der Waals surface area contributed by atoms with E-state index >= 15 is 0 Å². The highest BCUT2D eigenvalue weighted by Gasteiger charge is 2.17. The van der Waals surface area contributed by atoms with Crippen LogP contribution in [-0.2, 0) is 0 Å². The number of carboxylic acid groups (broad SMARTS) is 1. The normalized spacial score (nSPS) is 10.4. The number of aromatic carboxylic acids is 1. The number of aromatic amines is 1. The zero-order valence-electron chi connectivity index (χ0n) is 8.34. The van der Waals surface area contributed by atoms with Gasteiger partial charge in [-0.05, 0) is 12.1 Å². The van der Waals surface area contributed by atoms with E-state index in [9.17, 15) is 19.7 Å². The Morgan fingerprint density at radius 2 is 2.06 bits per heavy atom. The van der Waals surface area contributed by atoms with Crippen molar-refractivity contribution in [3.8, 4) is 0 Å². The maximum absolute atomic E-state index is 11.1. The molecular weight excluding hydrogens is 228 g/mol. The quantitative estimate of drug-likeness (QED) is 0.597. The van der Waals surface area contributed by atoms with E-state index in [1.807, 2.05) is 0 Å². The first-order chi connectivity index (χ1) is 7.99. The maximum atomic E-state index is 11.1. The lowest BCUT2D eigenvalue weighted by Crippen LogP contribution is -2.06. The zero-order valence-corrected chi connectivity index (χ0v) is 8.34. The van der Waals surface area contributed by atoms with Gasteiger partial charge in [-0.15, -0.1) is 0 Å². The van der Waals surface area contributed by atoms with Gasteiger partial charge in [0.25, 0.3) is 5.69 Å². The molecule has 0 radical (unpaired) electrons. The summed E-state index contributed by atoms with van der Waals surface area (Å²) in [5.41, 5.74) is -1.09. The van der Waals surface area contributed by atoms with Crippen LogP contribution in [0.15, 0.2) is 29.1 Å². The summed E-state index contributed by atoms with van der Waals surface area (Å²) in [6.07, 6.45) is 0. The highest BCUT2D eigenvalue weighted by molar-refractivity contribution is 5.97. The zero-order chi connectivity index (χ0) is 12.6. The van der Waals surface area contributed by atoms with E-state index in [4.69, 9.17) is 5.11 Å². The standard InChI is InChI=1S/C10H6N2O5/c13-8-2-1-5-3-6(10(14)15)4-7(12(16)17)9(5)11-8/h1-4H,(H,11,13)(H,14,15). The third kappa shape index (κ3) is 1.85. The van der Waals surface area contributed by atoms with Crippen molar-refractivity contribution in [3.05, 3.63) is 50.3 Å². The summed E-state index contributed by atoms with van der Waals surface area (Å²) in [4.78, 5) is 34.3. The van der Waals surface area contributed by atoms with Crippen molar-refractivity contribution in [2.45, 2.75) is 0 Å². The minimum atomic E-state index is -1.26. The Morgan fingerprint density at radius 1 is 1.35 bits per heavy atom. The monoisotopic (exact) mass is 234 g/mol. The Balaban J connectivity index is 2.90. The molecule has 2 rings (SSSR count). The number of carbonyl (C=O) groups is 1. The van der Waals surface area contributed by atoms with Gasteiger partial charge >= 0.3 is 5.97 Å². The molecule has 2 N–H and O–H groups in total. The SMILES string of the molecule is O=C(O)c1cc([N+](=O)[O-])c2[nH]c(=O)ccc2c1. The first-order valence-corrected chi connectivity index (χ1v) is 4.54. The number of fused-ring (bicyclic) bond motifs is 1. The number of non-ortho nitro benzene ring substituents is 1. The number of nitrogens with one attached hydrogen (secondary N) is 1. The summed E-state index contributed by atoms with van der Waals surface area (Å²) in [7, 11) is 0. The van der Waals surface area contributed by atoms with E-state index in [1.54, 1.807) is 0 Å². The Labute approximate surface area is 93.5 Å². The second-order valence-corrected chi connectivity index (χ2v) is 3.34. The van der Waals surface area contributed by atoms with Gasteiger partial charge in [-0.1, -0.05) is 0 Å². The molecule has 1 heterocycles. The van der Waals surface area contributed by atoms with Crippen LogP contribution in [0.2, 0.25) is 0 Å². The lowest BCUT2D eigenvalue weighted by Gasteiger charge is -2.01. The largest absolute Gasteiger partial charge is 0.478 e. The highest BCUT2D eigenvalue weighted by atomic mass is 16.6. The number of nitro benzene ring substituents is 1. The fraction of sp³-hybridized carbons (Fsp3) is 0. The lowest BCUT2D eigenvalue weighted by atomic mass is 10.1. The first kappa shape index (κ1) is 10.8. The molecule has 0 spiro atoms. The molecule has 1 aromatic heterocycles. The maximum Gasteiger partial charge on any atom is 0.335 e. The van der Waals surface area contributed by atoms with E-state index < -0.39 is 22.1 Å². The Hall–Kier alpha value is -2.70. The molecule has 2 aromatic rings. The number of benzene rings is 1. The van der Waals surface area contributed by atoms with Crippen LogP contribution in [-0.4, -0.2) is 21.0 Å². The van der Waals surface area contributed by atoms with E-state index in [1.165, 1.54) is 18.2 Å². The number of carboxylic acids is 1. The fourth-order valence-corrected chi connectivity index (χ4v) is 1.51. The minimum absolute atomic E-state index is 0.0208. The molecule has 17 heavy (non-hydrogen) atoms. The average Bonchev–Trinajstić information content (AvgIpc) is 2.27. The number of aromatic nitrogens is 1. The number of hydrogen-bond donors (Lipinski definition) is 2. The molecule has 86 valence electrons. The summed E-state index contributed by atoms with van der Waals surface area (Å²) in [5.74, 6) is -1.26. The van der Waals surface area contributed by atoms with Crippen molar-refractivity contribution in [1.82, 2.24) is 4.98 Å². The van der Waals surface area contributed by atoms with Gasteiger partial charge in [0.1, 0.15) is 5.52 Å². The number of rotatable bonds is 2. The van der Waals surface area contributed by atoms with Crippen molar-refractivity contribution in [3.63, 3.8) is 0 Å². The minimum Gasteiger partial charge on any atom is -0.478 e. The molecule has 0 aliphatic rings. The first-order valence-electron chi connectivity index (χ1n) is 4.54. The van der Waals surface area contributed by atoms with Crippen molar-refractivity contribution in [2.75, 3.05) is 0 Å². The van der Waals surface area contributed by atoms with Gasteiger partial charge in [-0.25, -0.2) is 4.79 Å². The second-order valence-electron chi connectivity index (χ2n) is 3.34. The Bertz CT molecular complexity index is 689. The van der Waals surface area contributed by atoms with Gasteiger partial charge in [0.2, 0.25) is 5.56 Å². The molecule has 0 amide bonds. The fourth-order valence-electron chi connectivity index (χ4n) is 1.51. The molecule has 0 aliphatic carbocycles. The molecule has 0 fully saturated rings. The molecule has 0 bridgehead atoms. The van der Waals surface area contributed by atoms with Gasteiger partial charge < -0.3 is 10.1 Å². The topological polar surface area (TPSA) is 113 Å². The van der Waals surface area contributed by atoms with Crippen LogP contribution < -0.4 is 5.56 Å². The number of hydrogen-bond acceptors (Lipinski definition) is 4. The van der Waals surface area contributed by atoms with E-state index in [2.05, 4.69) is 4.98 Å². The lowest BCUT2D eigenvalue weighted by molar-refractivity contribution is -0.383. The van der Waals surface area contributed by atoms with Crippen molar-refractivity contribution < 1.29 is 14.8 Å². The van der Waals surface area contributed by atoms with Gasteiger partial charge in [-0.2, -0.15) is 0 Å². The molecule has 7 nitrogen and oxygen atoms in total. The van der Waals surface area contributed by atoms with Crippen molar-refractivity contribution in [1.29, 1.82) is 0 Å². The molecule has 0 aliphatic heterocycles. The number of H-pyrrole nitrogens is 1. The second kappa shape index (κ2) is 3.71. The van der Waals surface area contributed by atoms with Crippen LogP contribution in [0.3, 0.4) is 0 Å². The number of nitro groups is 1. The third-order valence-corrected chi connectivity index (χ3v) is 2.25. The predicted octanol–water partition coefficient (Wildman–Crippen LogP) is 1.13. The molecular formula is C10H6N2O5. The van der Waals surface area contributed by atoms with Crippen LogP contribution in [0.5, 0.6) is 0 Å². The third-order valence-electron chi connectivity index (χ3n) is 2.25. The summed E-state index contributed by atoms with van der Waals surface area (Å²) >= 11 is 0. The summed E-state index contributed by atoms with van der Waals surface area (Å²) < 4.78 is 0. The van der Waals surface area contributed by atoms with Crippen LogP contribution in [0, 0.1) is 10.1 Å². The van der Waals surface area contributed by atoms with Gasteiger partial charge in [-0.3, -0.25) is 14.9 Å².